The molecule has 1 aromatic carbocycles. The van der Waals surface area contributed by atoms with Gasteiger partial charge in [0.05, 0.1) is 23.1 Å². The summed E-state index contributed by atoms with van der Waals surface area (Å²) in [5, 5.41) is 7.60. The van der Waals surface area contributed by atoms with E-state index < -0.39 is 17.3 Å². The molecule has 7 nitrogen and oxygen atoms in total. The Kier molecular flexibility index (Phi) is 5.33. The van der Waals surface area contributed by atoms with E-state index in [2.05, 4.69) is 10.4 Å². The lowest BCUT2D eigenvalue weighted by Crippen LogP contribution is -2.26. The molecule has 3 aromatic rings. The summed E-state index contributed by atoms with van der Waals surface area (Å²) in [4.78, 5) is 38.9. The fourth-order valence-electron chi connectivity index (χ4n) is 2.97. The third-order valence-electron chi connectivity index (χ3n) is 4.52. The highest BCUT2D eigenvalue weighted by molar-refractivity contribution is 7.16. The van der Waals surface area contributed by atoms with Crippen LogP contribution >= 0.6 is 11.3 Å². The molecule has 0 aliphatic rings. The number of nitrogens with one attached hydrogen (secondary N) is 1. The molecular formula is C20H21N3O4S. The number of aromatic nitrogens is 2. The van der Waals surface area contributed by atoms with Crippen LogP contribution in [0.4, 0.5) is 5.00 Å². The van der Waals surface area contributed by atoms with Gasteiger partial charge >= 0.3 is 5.97 Å². The number of nitrogens with zero attached hydrogens (tertiary/aromatic N) is 2. The van der Waals surface area contributed by atoms with E-state index in [9.17, 15) is 14.4 Å². The van der Waals surface area contributed by atoms with Gasteiger partial charge in [-0.2, -0.15) is 5.10 Å². The van der Waals surface area contributed by atoms with Crippen molar-refractivity contribution in [2.45, 2.75) is 27.7 Å². The summed E-state index contributed by atoms with van der Waals surface area (Å²) >= 11 is 1.26. The Morgan fingerprint density at radius 1 is 1.25 bits per heavy atom. The van der Waals surface area contributed by atoms with Gasteiger partial charge in [-0.1, -0.05) is 11.6 Å². The average molecular weight is 399 g/mol. The van der Waals surface area contributed by atoms with Crippen LogP contribution in [0.1, 0.15) is 43.8 Å². The van der Waals surface area contributed by atoms with E-state index in [1.54, 1.807) is 33.0 Å². The largest absolute Gasteiger partial charge is 0.462 e. The monoisotopic (exact) mass is 399 g/mol. The summed E-state index contributed by atoms with van der Waals surface area (Å²) in [5.74, 6) is -1.16. The summed E-state index contributed by atoms with van der Waals surface area (Å²) in [7, 11) is 1.68. The number of hydrogen-bond donors (Lipinski definition) is 1. The zero-order valence-corrected chi connectivity index (χ0v) is 17.2. The molecule has 2 aromatic heterocycles. The summed E-state index contributed by atoms with van der Waals surface area (Å²) in [6, 6.07) is 5.41. The molecule has 0 bridgehead atoms. The van der Waals surface area contributed by atoms with E-state index in [-0.39, 0.29) is 12.3 Å². The molecule has 0 saturated carbocycles. The van der Waals surface area contributed by atoms with Crippen LogP contribution in [-0.4, -0.2) is 28.3 Å². The van der Waals surface area contributed by atoms with Gasteiger partial charge in [0, 0.05) is 11.9 Å². The number of anilines is 1. The minimum absolute atomic E-state index is 0.223. The maximum Gasteiger partial charge on any atom is 0.341 e. The van der Waals surface area contributed by atoms with Gasteiger partial charge in [0.15, 0.2) is 5.69 Å². The number of amides is 1. The van der Waals surface area contributed by atoms with Gasteiger partial charge < -0.3 is 10.1 Å². The predicted octanol–water partition coefficient (Wildman–Crippen LogP) is 3.35. The van der Waals surface area contributed by atoms with Crippen LogP contribution in [0.25, 0.3) is 10.9 Å². The SMILES string of the molecule is CCOC(=O)c1c(NC(=O)c2nn(C)c3ccc(C)cc3c2=O)sc(C)c1C. The van der Waals surface area contributed by atoms with Crippen molar-refractivity contribution < 1.29 is 14.3 Å². The number of fused-ring (bicyclic) bond motifs is 1. The van der Waals surface area contributed by atoms with Crippen LogP contribution < -0.4 is 10.7 Å². The summed E-state index contributed by atoms with van der Waals surface area (Å²) < 4.78 is 6.60. The lowest BCUT2D eigenvalue weighted by Gasteiger charge is -2.09. The number of carbonyl (C=O) groups excluding carboxylic acids is 2. The third-order valence-corrected chi connectivity index (χ3v) is 5.64. The molecule has 28 heavy (non-hydrogen) atoms. The van der Waals surface area contributed by atoms with E-state index in [1.807, 2.05) is 19.9 Å². The lowest BCUT2D eigenvalue weighted by molar-refractivity contribution is 0.0527. The van der Waals surface area contributed by atoms with Crippen molar-refractivity contribution in [1.29, 1.82) is 0 Å². The highest BCUT2D eigenvalue weighted by Crippen LogP contribution is 2.33. The maximum absolute atomic E-state index is 12.8. The van der Waals surface area contributed by atoms with Gasteiger partial charge in [-0.05, 0) is 45.4 Å². The van der Waals surface area contributed by atoms with Crippen LogP contribution in [0, 0.1) is 20.8 Å². The molecule has 0 radical (unpaired) electrons. The zero-order valence-electron chi connectivity index (χ0n) is 16.4. The quantitative estimate of drug-likeness (QED) is 0.680. The van der Waals surface area contributed by atoms with Gasteiger partial charge in [0.25, 0.3) is 5.91 Å². The zero-order chi connectivity index (χ0) is 20.6. The van der Waals surface area contributed by atoms with Crippen molar-refractivity contribution in [2.24, 2.45) is 7.05 Å². The Labute approximate surface area is 165 Å². The second-order valence-corrected chi connectivity index (χ2v) is 7.71. The van der Waals surface area contributed by atoms with Crippen molar-refractivity contribution in [1.82, 2.24) is 9.78 Å². The van der Waals surface area contributed by atoms with Crippen molar-refractivity contribution >= 4 is 39.1 Å². The molecular weight excluding hydrogens is 378 g/mol. The van der Waals surface area contributed by atoms with Crippen LogP contribution in [-0.2, 0) is 11.8 Å². The predicted molar refractivity (Wildman–Crippen MR) is 109 cm³/mol. The first-order valence-electron chi connectivity index (χ1n) is 8.80. The molecule has 3 rings (SSSR count). The minimum atomic E-state index is -0.657. The molecule has 1 amide bonds. The van der Waals surface area contributed by atoms with Crippen LogP contribution in [0.3, 0.4) is 0 Å². The molecule has 8 heteroatoms. The van der Waals surface area contributed by atoms with E-state index in [0.717, 1.165) is 16.0 Å². The molecule has 146 valence electrons. The first-order chi connectivity index (χ1) is 13.2. The summed E-state index contributed by atoms with van der Waals surface area (Å²) in [6.07, 6.45) is 0. The molecule has 0 aliphatic carbocycles. The standard InChI is InChI=1S/C20H21N3O4S/c1-6-27-20(26)15-11(3)12(4)28-19(15)21-18(25)16-17(24)13-9-10(2)7-8-14(13)23(5)22-16/h7-9H,6H2,1-5H3,(H,21,25). The first kappa shape index (κ1) is 19.8. The maximum atomic E-state index is 12.8. The topological polar surface area (TPSA) is 90.3 Å². The number of benzene rings is 1. The Balaban J connectivity index is 2.06. The number of aryl methyl sites for hydroxylation is 3. The van der Waals surface area contributed by atoms with Gasteiger partial charge in [-0.25, -0.2) is 4.79 Å². The Morgan fingerprint density at radius 3 is 2.64 bits per heavy atom. The van der Waals surface area contributed by atoms with Crippen LogP contribution in [0.15, 0.2) is 23.0 Å². The lowest BCUT2D eigenvalue weighted by atomic mass is 10.1. The van der Waals surface area contributed by atoms with Crippen LogP contribution in [0.5, 0.6) is 0 Å². The molecule has 0 fully saturated rings. The number of hydrogen-bond acceptors (Lipinski definition) is 6. The van der Waals surface area contributed by atoms with Crippen molar-refractivity contribution in [3.63, 3.8) is 0 Å². The molecule has 1 N–H and O–H groups in total. The number of ether oxygens (including phenoxy) is 1. The summed E-state index contributed by atoms with van der Waals surface area (Å²) in [5.41, 5.74) is 1.94. The van der Waals surface area contributed by atoms with Gasteiger partial charge in [0.1, 0.15) is 5.00 Å². The Bertz CT molecular complexity index is 1160. The molecule has 2 heterocycles. The molecule has 0 atom stereocenters. The van der Waals surface area contributed by atoms with Gasteiger partial charge in [-0.3, -0.25) is 14.3 Å². The van der Waals surface area contributed by atoms with E-state index in [1.165, 1.54) is 16.0 Å². The minimum Gasteiger partial charge on any atom is -0.462 e. The van der Waals surface area contributed by atoms with Gasteiger partial charge in [0.2, 0.25) is 5.43 Å². The smallest absolute Gasteiger partial charge is 0.341 e. The Hall–Kier alpha value is -3.00. The van der Waals surface area contributed by atoms with Crippen molar-refractivity contribution in [2.75, 3.05) is 11.9 Å². The average Bonchev–Trinajstić information content (AvgIpc) is 2.91. The fraction of sp³-hybridized carbons (Fsp3) is 0.300. The molecule has 0 saturated heterocycles. The second kappa shape index (κ2) is 7.55. The number of rotatable bonds is 4. The first-order valence-corrected chi connectivity index (χ1v) is 9.62. The number of carbonyl (C=O) groups is 2. The van der Waals surface area contributed by atoms with E-state index in [0.29, 0.717) is 21.5 Å². The van der Waals surface area contributed by atoms with Crippen molar-refractivity contribution in [3.05, 3.63) is 55.7 Å². The molecule has 0 spiro atoms. The fourth-order valence-corrected chi connectivity index (χ4v) is 4.01. The van der Waals surface area contributed by atoms with Crippen LogP contribution in [0.2, 0.25) is 0 Å². The van der Waals surface area contributed by atoms with E-state index >= 15 is 0 Å². The Morgan fingerprint density at radius 2 is 1.96 bits per heavy atom. The number of esters is 1. The molecule has 0 unspecified atom stereocenters. The third kappa shape index (κ3) is 3.43. The second-order valence-electron chi connectivity index (χ2n) is 6.48. The highest BCUT2D eigenvalue weighted by Gasteiger charge is 2.24. The van der Waals surface area contributed by atoms with Gasteiger partial charge in [-0.15, -0.1) is 11.3 Å². The molecule has 0 aliphatic heterocycles. The number of thiophene rings is 1. The van der Waals surface area contributed by atoms with E-state index in [4.69, 9.17) is 4.74 Å². The van der Waals surface area contributed by atoms with Crippen molar-refractivity contribution in [3.8, 4) is 0 Å². The highest BCUT2D eigenvalue weighted by atomic mass is 32.1. The normalized spacial score (nSPS) is 10.9. The summed E-state index contributed by atoms with van der Waals surface area (Å²) in [6.45, 7) is 7.47.